The summed E-state index contributed by atoms with van der Waals surface area (Å²) < 4.78 is 10.7. The minimum Gasteiger partial charge on any atom is -0.484 e. The standard InChI is InChI=1S/C13H19NO5/c1-10(2)9-18-5-6-19-13-7-11(8-15)3-4-12(13)14(16)17/h3-4,7,10,15H,5-6,8-9H2,1-2H3. The lowest BCUT2D eigenvalue weighted by Crippen LogP contribution is -2.11. The van der Waals surface area contributed by atoms with Gasteiger partial charge in [-0.1, -0.05) is 13.8 Å². The zero-order valence-corrected chi connectivity index (χ0v) is 11.2. The van der Waals surface area contributed by atoms with Crippen LogP contribution in [0.3, 0.4) is 0 Å². The summed E-state index contributed by atoms with van der Waals surface area (Å²) in [5, 5.41) is 19.8. The second-order valence-corrected chi connectivity index (χ2v) is 4.53. The van der Waals surface area contributed by atoms with Gasteiger partial charge in [-0.3, -0.25) is 10.1 Å². The molecular formula is C13H19NO5. The van der Waals surface area contributed by atoms with E-state index < -0.39 is 4.92 Å². The van der Waals surface area contributed by atoms with E-state index in [1.165, 1.54) is 18.2 Å². The lowest BCUT2D eigenvalue weighted by atomic mass is 10.2. The molecule has 0 spiro atoms. The van der Waals surface area contributed by atoms with Gasteiger partial charge in [0, 0.05) is 12.7 Å². The lowest BCUT2D eigenvalue weighted by Gasteiger charge is -2.09. The number of aliphatic hydroxyl groups excluding tert-OH is 1. The van der Waals surface area contributed by atoms with Gasteiger partial charge in [0.1, 0.15) is 6.61 Å². The molecule has 6 heteroatoms. The van der Waals surface area contributed by atoms with Crippen LogP contribution in [0, 0.1) is 16.0 Å². The van der Waals surface area contributed by atoms with Crippen molar-refractivity contribution in [3.8, 4) is 5.75 Å². The van der Waals surface area contributed by atoms with Gasteiger partial charge < -0.3 is 14.6 Å². The molecule has 1 aromatic rings. The van der Waals surface area contributed by atoms with Crippen LogP contribution in [-0.2, 0) is 11.3 Å². The molecular weight excluding hydrogens is 250 g/mol. The maximum atomic E-state index is 10.8. The number of ether oxygens (including phenoxy) is 2. The Kier molecular flexibility index (Phi) is 6.24. The number of hydrogen-bond donors (Lipinski definition) is 1. The molecule has 0 saturated heterocycles. The normalized spacial score (nSPS) is 10.7. The Bertz CT molecular complexity index is 419. The first-order chi connectivity index (χ1) is 9.04. The quantitative estimate of drug-likeness (QED) is 0.444. The second kappa shape index (κ2) is 7.70. The number of rotatable bonds is 8. The topological polar surface area (TPSA) is 81.8 Å². The Morgan fingerprint density at radius 1 is 1.37 bits per heavy atom. The predicted octanol–water partition coefficient (Wildman–Crippen LogP) is 2.14. The summed E-state index contributed by atoms with van der Waals surface area (Å²) in [5.74, 6) is 0.594. The van der Waals surface area contributed by atoms with Gasteiger partial charge in [-0.25, -0.2) is 0 Å². The summed E-state index contributed by atoms with van der Waals surface area (Å²) in [6.45, 7) is 5.13. The molecule has 19 heavy (non-hydrogen) atoms. The van der Waals surface area contributed by atoms with Crippen molar-refractivity contribution in [2.45, 2.75) is 20.5 Å². The van der Waals surface area contributed by atoms with Crippen LogP contribution in [0.5, 0.6) is 5.75 Å². The third-order valence-electron chi connectivity index (χ3n) is 2.34. The summed E-state index contributed by atoms with van der Waals surface area (Å²) >= 11 is 0. The number of nitro groups is 1. The molecule has 0 aliphatic carbocycles. The van der Waals surface area contributed by atoms with Crippen molar-refractivity contribution in [1.82, 2.24) is 0 Å². The predicted molar refractivity (Wildman–Crippen MR) is 70.2 cm³/mol. The second-order valence-electron chi connectivity index (χ2n) is 4.53. The number of nitrogens with zero attached hydrogens (tertiary/aromatic N) is 1. The molecule has 1 aromatic carbocycles. The van der Waals surface area contributed by atoms with Crippen LogP contribution in [0.4, 0.5) is 5.69 Å². The van der Waals surface area contributed by atoms with Crippen LogP contribution in [-0.4, -0.2) is 29.9 Å². The van der Waals surface area contributed by atoms with E-state index in [1.54, 1.807) is 0 Å². The zero-order valence-electron chi connectivity index (χ0n) is 11.2. The fourth-order valence-electron chi connectivity index (χ4n) is 1.45. The summed E-state index contributed by atoms with van der Waals surface area (Å²) in [6, 6.07) is 4.30. The maximum Gasteiger partial charge on any atom is 0.310 e. The Balaban J connectivity index is 2.57. The minimum atomic E-state index is -0.508. The van der Waals surface area contributed by atoms with Crippen molar-refractivity contribution in [1.29, 1.82) is 0 Å². The Morgan fingerprint density at radius 3 is 2.68 bits per heavy atom. The SMILES string of the molecule is CC(C)COCCOc1cc(CO)ccc1[N+](=O)[O-]. The highest BCUT2D eigenvalue weighted by atomic mass is 16.6. The van der Waals surface area contributed by atoms with Crippen molar-refractivity contribution in [2.24, 2.45) is 5.92 Å². The first kappa shape index (κ1) is 15.4. The number of aliphatic hydroxyl groups is 1. The Morgan fingerprint density at radius 2 is 2.11 bits per heavy atom. The first-order valence-electron chi connectivity index (χ1n) is 6.13. The van der Waals surface area contributed by atoms with Crippen molar-refractivity contribution >= 4 is 5.69 Å². The highest BCUT2D eigenvalue weighted by Gasteiger charge is 2.15. The summed E-state index contributed by atoms with van der Waals surface area (Å²) in [6.07, 6.45) is 0. The van der Waals surface area contributed by atoms with Gasteiger partial charge in [0.05, 0.1) is 18.1 Å². The van der Waals surface area contributed by atoms with Crippen LogP contribution in [0.1, 0.15) is 19.4 Å². The molecule has 0 heterocycles. The van der Waals surface area contributed by atoms with Gasteiger partial charge in [-0.05, 0) is 23.6 Å². The lowest BCUT2D eigenvalue weighted by molar-refractivity contribution is -0.385. The summed E-state index contributed by atoms with van der Waals surface area (Å²) in [4.78, 5) is 10.3. The van der Waals surface area contributed by atoms with Gasteiger partial charge in [0.15, 0.2) is 5.75 Å². The van der Waals surface area contributed by atoms with E-state index in [4.69, 9.17) is 14.6 Å². The average Bonchev–Trinajstić information content (AvgIpc) is 2.37. The molecule has 1 rings (SSSR count). The molecule has 0 aromatic heterocycles. The fraction of sp³-hybridized carbons (Fsp3) is 0.538. The molecule has 0 radical (unpaired) electrons. The fourth-order valence-corrected chi connectivity index (χ4v) is 1.45. The molecule has 0 saturated carbocycles. The van der Waals surface area contributed by atoms with Crippen LogP contribution in [0.25, 0.3) is 0 Å². The monoisotopic (exact) mass is 269 g/mol. The molecule has 0 amide bonds. The molecule has 1 N–H and O–H groups in total. The average molecular weight is 269 g/mol. The van der Waals surface area contributed by atoms with E-state index in [1.807, 2.05) is 13.8 Å². The van der Waals surface area contributed by atoms with Gasteiger partial charge in [-0.2, -0.15) is 0 Å². The van der Waals surface area contributed by atoms with Crippen LogP contribution >= 0.6 is 0 Å². The maximum absolute atomic E-state index is 10.8. The van der Waals surface area contributed by atoms with Crippen LogP contribution in [0.15, 0.2) is 18.2 Å². The molecule has 0 bridgehead atoms. The van der Waals surface area contributed by atoms with Crippen molar-refractivity contribution in [2.75, 3.05) is 19.8 Å². The third kappa shape index (κ3) is 5.23. The Hall–Kier alpha value is -1.66. The molecule has 0 unspecified atom stereocenters. The zero-order chi connectivity index (χ0) is 14.3. The van der Waals surface area contributed by atoms with Gasteiger partial charge in [-0.15, -0.1) is 0 Å². The molecule has 106 valence electrons. The number of nitro benzene ring substituents is 1. The van der Waals surface area contributed by atoms with Crippen LogP contribution in [0.2, 0.25) is 0 Å². The molecule has 0 aliphatic rings. The third-order valence-corrected chi connectivity index (χ3v) is 2.34. The smallest absolute Gasteiger partial charge is 0.310 e. The molecule has 0 atom stereocenters. The van der Waals surface area contributed by atoms with E-state index in [-0.39, 0.29) is 24.7 Å². The largest absolute Gasteiger partial charge is 0.484 e. The number of hydrogen-bond acceptors (Lipinski definition) is 5. The van der Waals surface area contributed by atoms with Crippen LogP contribution < -0.4 is 4.74 Å². The van der Waals surface area contributed by atoms with Crippen molar-refractivity contribution in [3.05, 3.63) is 33.9 Å². The molecule has 6 nitrogen and oxygen atoms in total. The van der Waals surface area contributed by atoms with E-state index in [2.05, 4.69) is 0 Å². The van der Waals surface area contributed by atoms with Crippen molar-refractivity contribution < 1.29 is 19.5 Å². The summed E-state index contributed by atoms with van der Waals surface area (Å²) in [5.41, 5.74) is 0.463. The van der Waals surface area contributed by atoms with Gasteiger partial charge >= 0.3 is 5.69 Å². The van der Waals surface area contributed by atoms with E-state index in [9.17, 15) is 10.1 Å². The Labute approximate surface area is 112 Å². The van der Waals surface area contributed by atoms with Crippen molar-refractivity contribution in [3.63, 3.8) is 0 Å². The minimum absolute atomic E-state index is 0.110. The number of benzene rings is 1. The molecule has 0 aliphatic heterocycles. The summed E-state index contributed by atoms with van der Waals surface area (Å²) in [7, 11) is 0. The highest BCUT2D eigenvalue weighted by molar-refractivity contribution is 5.48. The highest BCUT2D eigenvalue weighted by Crippen LogP contribution is 2.27. The van der Waals surface area contributed by atoms with Gasteiger partial charge in [0.25, 0.3) is 0 Å². The van der Waals surface area contributed by atoms with Gasteiger partial charge in [0.2, 0.25) is 0 Å². The molecule has 0 fully saturated rings. The van der Waals surface area contributed by atoms with E-state index in [0.29, 0.717) is 24.7 Å². The van der Waals surface area contributed by atoms with E-state index >= 15 is 0 Å². The first-order valence-corrected chi connectivity index (χ1v) is 6.13. The van der Waals surface area contributed by atoms with E-state index in [0.717, 1.165) is 0 Å².